The Morgan fingerprint density at radius 1 is 1.00 bits per heavy atom. The van der Waals surface area contributed by atoms with Crippen LogP contribution in [-0.2, 0) is 16.1 Å². The minimum absolute atomic E-state index is 0.596. The van der Waals surface area contributed by atoms with E-state index in [1.165, 1.54) is 11.1 Å². The highest BCUT2D eigenvalue weighted by atomic mass is 16.1. The van der Waals surface area contributed by atoms with Gasteiger partial charge in [0, 0.05) is 31.5 Å². The van der Waals surface area contributed by atoms with E-state index < -0.39 is 0 Å². The number of carbonyl (C=O) groups is 2. The molecule has 0 heterocycles. The minimum atomic E-state index is 0.596. The van der Waals surface area contributed by atoms with Gasteiger partial charge in [-0.2, -0.15) is 0 Å². The van der Waals surface area contributed by atoms with Crippen LogP contribution in [0.3, 0.4) is 0 Å². The van der Waals surface area contributed by atoms with Crippen LogP contribution in [0.4, 0.5) is 0 Å². The highest BCUT2D eigenvalue weighted by Crippen LogP contribution is 2.21. The van der Waals surface area contributed by atoms with E-state index >= 15 is 0 Å². The van der Waals surface area contributed by atoms with E-state index in [1.54, 1.807) is 0 Å². The van der Waals surface area contributed by atoms with Crippen molar-refractivity contribution in [3.05, 3.63) is 35.4 Å². The molecule has 5 nitrogen and oxygen atoms in total. The van der Waals surface area contributed by atoms with Crippen molar-refractivity contribution in [1.82, 2.24) is 10.6 Å². The second-order valence-electron chi connectivity index (χ2n) is 7.13. The molecule has 0 aliphatic heterocycles. The third kappa shape index (κ3) is 8.16. The summed E-state index contributed by atoms with van der Waals surface area (Å²) in [6.45, 7) is 8.84. The highest BCUT2D eigenvalue weighted by molar-refractivity contribution is 5.45. The van der Waals surface area contributed by atoms with Crippen molar-refractivity contribution in [3.8, 4) is 0 Å². The number of amides is 2. The van der Waals surface area contributed by atoms with Crippen LogP contribution >= 0.6 is 0 Å². The van der Waals surface area contributed by atoms with Crippen LogP contribution in [0.25, 0.3) is 0 Å². The molecule has 0 aliphatic carbocycles. The van der Waals surface area contributed by atoms with Gasteiger partial charge in [-0.25, -0.2) is 0 Å². The molecule has 1 unspecified atom stereocenters. The lowest BCUT2D eigenvalue weighted by atomic mass is 9.97. The molecule has 140 valence electrons. The van der Waals surface area contributed by atoms with E-state index in [2.05, 4.69) is 55.8 Å². The molecule has 0 spiro atoms. The average molecular weight is 349 g/mol. The lowest BCUT2D eigenvalue weighted by Crippen LogP contribution is -2.46. The Morgan fingerprint density at radius 2 is 1.52 bits per heavy atom. The Kier molecular flexibility index (Phi) is 9.85. The van der Waals surface area contributed by atoms with Crippen molar-refractivity contribution in [2.24, 2.45) is 0 Å². The largest absolute Gasteiger partial charge is 0.358 e. The molecule has 0 radical (unpaired) electrons. The number of benzene rings is 1. The van der Waals surface area contributed by atoms with Gasteiger partial charge in [0.15, 0.2) is 0 Å². The minimum Gasteiger partial charge on any atom is -0.358 e. The monoisotopic (exact) mass is 348 g/mol. The summed E-state index contributed by atoms with van der Waals surface area (Å²) >= 11 is 0. The molecule has 0 aliphatic rings. The summed E-state index contributed by atoms with van der Waals surface area (Å²) in [6.07, 6.45) is 4.56. The molecule has 2 N–H and O–H groups in total. The number of nitrogens with zero attached hydrogens (tertiary/aromatic N) is 1. The predicted octanol–water partition coefficient (Wildman–Crippen LogP) is 2.42. The topological polar surface area (TPSA) is 58.2 Å². The fourth-order valence-corrected chi connectivity index (χ4v) is 3.14. The summed E-state index contributed by atoms with van der Waals surface area (Å²) in [5.41, 5.74) is 2.73. The van der Waals surface area contributed by atoms with Gasteiger partial charge in [-0.05, 0) is 17.9 Å². The van der Waals surface area contributed by atoms with Crippen LogP contribution in [-0.4, -0.2) is 50.5 Å². The quantitative estimate of drug-likeness (QED) is 0.308. The third-order valence-corrected chi connectivity index (χ3v) is 4.93. The second kappa shape index (κ2) is 11.6. The van der Waals surface area contributed by atoms with Gasteiger partial charge >= 0.3 is 0 Å². The van der Waals surface area contributed by atoms with E-state index in [1.807, 2.05) is 0 Å². The standard InChI is InChI=1S/C20H33N3O2/c1-4-18(2)20-9-7-19(8-10-20)15-23(3,13-5-11-21-16-24)14-6-12-22-17-25/h7-10,16-18H,4-6,11-15H2,1-3H3,(H-,21,22,24,25)/p+1. The molecule has 2 amide bonds. The summed E-state index contributed by atoms with van der Waals surface area (Å²) in [4.78, 5) is 20.8. The van der Waals surface area contributed by atoms with Gasteiger partial charge in [0.25, 0.3) is 0 Å². The highest BCUT2D eigenvalue weighted by Gasteiger charge is 2.21. The van der Waals surface area contributed by atoms with Gasteiger partial charge in [-0.15, -0.1) is 0 Å². The molecule has 1 atom stereocenters. The fourth-order valence-electron chi connectivity index (χ4n) is 3.14. The number of rotatable bonds is 14. The van der Waals surface area contributed by atoms with E-state index in [9.17, 15) is 9.59 Å². The Bertz CT molecular complexity index is 486. The first-order chi connectivity index (χ1) is 12.0. The molecule has 1 aromatic carbocycles. The van der Waals surface area contributed by atoms with E-state index in [0.717, 1.165) is 56.2 Å². The van der Waals surface area contributed by atoms with Crippen molar-refractivity contribution >= 4 is 12.8 Å². The Balaban J connectivity index is 2.69. The first-order valence-corrected chi connectivity index (χ1v) is 9.31. The molecule has 0 aromatic heterocycles. The Hall–Kier alpha value is -1.88. The van der Waals surface area contributed by atoms with Crippen molar-refractivity contribution in [2.45, 2.75) is 45.6 Å². The maximum absolute atomic E-state index is 10.4. The van der Waals surface area contributed by atoms with Crippen molar-refractivity contribution < 1.29 is 14.1 Å². The number of carbonyl (C=O) groups excluding carboxylic acids is 2. The Labute approximate surface area is 152 Å². The number of nitrogens with one attached hydrogen (secondary N) is 2. The molecular formula is C20H34N3O2+. The van der Waals surface area contributed by atoms with Crippen LogP contribution in [0.1, 0.15) is 50.2 Å². The van der Waals surface area contributed by atoms with Gasteiger partial charge < -0.3 is 15.1 Å². The van der Waals surface area contributed by atoms with E-state index in [4.69, 9.17) is 0 Å². The lowest BCUT2D eigenvalue weighted by molar-refractivity contribution is -0.922. The number of hydrogen-bond donors (Lipinski definition) is 2. The van der Waals surface area contributed by atoms with Gasteiger partial charge in [-0.3, -0.25) is 9.59 Å². The van der Waals surface area contributed by atoms with Crippen molar-refractivity contribution in [2.75, 3.05) is 33.2 Å². The van der Waals surface area contributed by atoms with Crippen LogP contribution < -0.4 is 10.6 Å². The van der Waals surface area contributed by atoms with Gasteiger partial charge in [0.05, 0.1) is 20.1 Å². The molecule has 0 fully saturated rings. The molecule has 1 aromatic rings. The SMILES string of the molecule is CCC(C)c1ccc(C[N+](C)(CCCNC=O)CCCNC=O)cc1. The smallest absolute Gasteiger partial charge is 0.207 e. The van der Waals surface area contributed by atoms with Crippen LogP contribution in [0.15, 0.2) is 24.3 Å². The summed E-state index contributed by atoms with van der Waals surface area (Å²) in [7, 11) is 2.25. The predicted molar refractivity (Wildman–Crippen MR) is 102 cm³/mol. The first-order valence-electron chi connectivity index (χ1n) is 9.31. The maximum Gasteiger partial charge on any atom is 0.207 e. The molecule has 0 saturated carbocycles. The van der Waals surface area contributed by atoms with E-state index in [0.29, 0.717) is 19.0 Å². The first kappa shape index (κ1) is 21.2. The van der Waals surface area contributed by atoms with Gasteiger partial charge in [0.1, 0.15) is 6.54 Å². The molecule has 5 heteroatoms. The maximum atomic E-state index is 10.4. The zero-order chi connectivity index (χ0) is 18.5. The zero-order valence-corrected chi connectivity index (χ0v) is 16.0. The summed E-state index contributed by atoms with van der Waals surface area (Å²) in [5.74, 6) is 0.596. The number of quaternary nitrogens is 1. The van der Waals surface area contributed by atoms with Crippen molar-refractivity contribution in [3.63, 3.8) is 0 Å². The normalized spacial score (nSPS) is 12.4. The summed E-state index contributed by atoms with van der Waals surface area (Å²) in [5, 5.41) is 5.48. The molecule has 0 bridgehead atoms. The summed E-state index contributed by atoms with van der Waals surface area (Å²) in [6, 6.07) is 8.97. The van der Waals surface area contributed by atoms with Crippen molar-refractivity contribution in [1.29, 1.82) is 0 Å². The molecule has 25 heavy (non-hydrogen) atoms. The van der Waals surface area contributed by atoms with Crippen LogP contribution in [0.2, 0.25) is 0 Å². The molecule has 0 saturated heterocycles. The lowest BCUT2D eigenvalue weighted by Gasteiger charge is -2.35. The number of hydrogen-bond acceptors (Lipinski definition) is 2. The third-order valence-electron chi connectivity index (χ3n) is 4.93. The zero-order valence-electron chi connectivity index (χ0n) is 16.0. The van der Waals surface area contributed by atoms with Gasteiger partial charge in [0.2, 0.25) is 12.8 Å². The van der Waals surface area contributed by atoms with Crippen LogP contribution in [0.5, 0.6) is 0 Å². The average Bonchev–Trinajstić information content (AvgIpc) is 2.62. The second-order valence-corrected chi connectivity index (χ2v) is 7.13. The fraction of sp³-hybridized carbons (Fsp3) is 0.600. The van der Waals surface area contributed by atoms with Gasteiger partial charge in [-0.1, -0.05) is 38.1 Å². The Morgan fingerprint density at radius 3 is 1.96 bits per heavy atom. The molecular weight excluding hydrogens is 314 g/mol. The summed E-state index contributed by atoms with van der Waals surface area (Å²) < 4.78 is 0.907. The van der Waals surface area contributed by atoms with Crippen LogP contribution in [0, 0.1) is 0 Å². The van der Waals surface area contributed by atoms with E-state index in [-0.39, 0.29) is 0 Å². The molecule has 1 rings (SSSR count).